The average Bonchev–Trinajstić information content (AvgIpc) is 3.21. The highest BCUT2D eigenvalue weighted by Crippen LogP contribution is 2.45. The van der Waals surface area contributed by atoms with Crippen molar-refractivity contribution in [2.24, 2.45) is 0 Å². The molecule has 0 unspecified atom stereocenters. The van der Waals surface area contributed by atoms with Gasteiger partial charge in [-0.15, -0.1) is 10.2 Å². The lowest BCUT2D eigenvalue weighted by Crippen LogP contribution is -2.08. The van der Waals surface area contributed by atoms with Gasteiger partial charge in [0.15, 0.2) is 0 Å². The molecule has 8 heteroatoms. The van der Waals surface area contributed by atoms with Crippen LogP contribution in [0, 0.1) is 73.0 Å². The molecule has 0 aliphatic carbocycles. The standard InChI is InChI=1S/C48H34N8/c1-29-7-5-9-37(15-29)41-17-31(3)11-13-43(41)53-47-45(39-21-33(25-49)19-34(22-39)26-50)55-56-46(40-23-35(27-51)20-36(24-40)28-52)48(47)54-44-14-12-32(4)18-42(44)38-10-6-8-30(2)16-38/h5-24H,1-4H3,(H,53,56)(H,54,55). The maximum absolute atomic E-state index is 9.99. The van der Waals surface area contributed by atoms with Crippen LogP contribution >= 0.6 is 0 Å². The van der Waals surface area contributed by atoms with E-state index in [4.69, 9.17) is 10.2 Å². The van der Waals surface area contributed by atoms with Gasteiger partial charge in [-0.1, -0.05) is 82.9 Å². The Hall–Kier alpha value is -8.04. The zero-order chi connectivity index (χ0) is 39.3. The zero-order valence-electron chi connectivity index (χ0n) is 31.2. The van der Waals surface area contributed by atoms with Crippen molar-refractivity contribution in [3.8, 4) is 69.0 Å². The molecule has 0 radical (unpaired) electrons. The van der Waals surface area contributed by atoms with E-state index < -0.39 is 0 Å². The summed E-state index contributed by atoms with van der Waals surface area (Å²) in [7, 11) is 0. The van der Waals surface area contributed by atoms with Crippen LogP contribution in [0.3, 0.4) is 0 Å². The van der Waals surface area contributed by atoms with Gasteiger partial charge >= 0.3 is 0 Å². The fourth-order valence-electron chi connectivity index (χ4n) is 6.78. The van der Waals surface area contributed by atoms with Crippen LogP contribution in [0.4, 0.5) is 22.7 Å². The van der Waals surface area contributed by atoms with Crippen LogP contribution in [0.15, 0.2) is 121 Å². The molecule has 0 fully saturated rings. The Morgan fingerprint density at radius 1 is 0.393 bits per heavy atom. The molecule has 1 aromatic heterocycles. The van der Waals surface area contributed by atoms with Crippen LogP contribution in [-0.2, 0) is 0 Å². The highest BCUT2D eigenvalue weighted by molar-refractivity contribution is 5.99. The van der Waals surface area contributed by atoms with E-state index in [1.165, 1.54) is 12.1 Å². The van der Waals surface area contributed by atoms with E-state index in [9.17, 15) is 21.0 Å². The predicted octanol–water partition coefficient (Wildman–Crippen LogP) is 11.4. The Labute approximate surface area is 326 Å². The molecule has 0 spiro atoms. The van der Waals surface area contributed by atoms with E-state index in [1.807, 2.05) is 50.2 Å². The molecular weight excluding hydrogens is 689 g/mol. The first-order valence-corrected chi connectivity index (χ1v) is 17.9. The molecule has 6 aromatic carbocycles. The highest BCUT2D eigenvalue weighted by Gasteiger charge is 2.24. The molecule has 266 valence electrons. The molecule has 1 heterocycles. The van der Waals surface area contributed by atoms with Gasteiger partial charge in [0.05, 0.1) is 57.9 Å². The van der Waals surface area contributed by atoms with Crippen LogP contribution in [0.2, 0.25) is 0 Å². The molecular formula is C48H34N8. The minimum Gasteiger partial charge on any atom is -0.351 e. The molecule has 8 nitrogen and oxygen atoms in total. The molecule has 0 amide bonds. The van der Waals surface area contributed by atoms with Crippen molar-refractivity contribution in [1.29, 1.82) is 21.0 Å². The van der Waals surface area contributed by atoms with E-state index in [2.05, 4.69) is 97.3 Å². The largest absolute Gasteiger partial charge is 0.351 e. The van der Waals surface area contributed by atoms with Gasteiger partial charge in [0.2, 0.25) is 0 Å². The first-order chi connectivity index (χ1) is 27.2. The number of nitriles is 4. The van der Waals surface area contributed by atoms with Gasteiger partial charge in [-0.2, -0.15) is 21.0 Å². The summed E-state index contributed by atoms with van der Waals surface area (Å²) in [5.41, 5.74) is 13.7. The van der Waals surface area contributed by atoms with E-state index >= 15 is 0 Å². The third kappa shape index (κ3) is 7.55. The van der Waals surface area contributed by atoms with Crippen LogP contribution in [0.5, 0.6) is 0 Å². The van der Waals surface area contributed by atoms with E-state index in [0.717, 1.165) is 55.9 Å². The lowest BCUT2D eigenvalue weighted by atomic mass is 9.97. The second kappa shape index (κ2) is 15.5. The number of anilines is 4. The molecule has 2 N–H and O–H groups in total. The maximum atomic E-state index is 9.99. The fourth-order valence-corrected chi connectivity index (χ4v) is 6.78. The van der Waals surface area contributed by atoms with Crippen molar-refractivity contribution in [1.82, 2.24) is 10.2 Å². The molecule has 0 bridgehead atoms. The number of nitrogens with zero attached hydrogens (tertiary/aromatic N) is 6. The SMILES string of the molecule is Cc1cccc(-c2cc(C)ccc2Nc2c(-c3cc(C#N)cc(C#N)c3)nnc(-c3cc(C#N)cc(C#N)c3)c2Nc2ccc(C)cc2-c2cccc(C)c2)c1. The summed E-state index contributed by atoms with van der Waals surface area (Å²) in [5.74, 6) is 0. The van der Waals surface area contributed by atoms with Gasteiger partial charge in [-0.25, -0.2) is 0 Å². The van der Waals surface area contributed by atoms with Crippen LogP contribution in [-0.4, -0.2) is 10.2 Å². The summed E-state index contributed by atoms with van der Waals surface area (Å²) < 4.78 is 0. The molecule has 0 aliphatic heterocycles. The van der Waals surface area contributed by atoms with Gasteiger partial charge in [0.25, 0.3) is 0 Å². The Balaban J connectivity index is 1.58. The topological polar surface area (TPSA) is 145 Å². The van der Waals surface area contributed by atoms with Crippen molar-refractivity contribution < 1.29 is 0 Å². The number of benzene rings is 6. The first kappa shape index (κ1) is 36.3. The Morgan fingerprint density at radius 3 is 1.09 bits per heavy atom. The van der Waals surface area contributed by atoms with Gasteiger partial charge in [-0.3, -0.25) is 0 Å². The first-order valence-electron chi connectivity index (χ1n) is 17.9. The van der Waals surface area contributed by atoms with Gasteiger partial charge in [0, 0.05) is 33.6 Å². The van der Waals surface area contributed by atoms with Crippen LogP contribution in [0.25, 0.3) is 44.8 Å². The average molecular weight is 723 g/mol. The van der Waals surface area contributed by atoms with Crippen molar-refractivity contribution in [2.75, 3.05) is 10.6 Å². The van der Waals surface area contributed by atoms with E-state index in [-0.39, 0.29) is 0 Å². The molecule has 56 heavy (non-hydrogen) atoms. The number of nitrogens with one attached hydrogen (secondary N) is 2. The lowest BCUT2D eigenvalue weighted by molar-refractivity contribution is 1.05. The summed E-state index contributed by atoms with van der Waals surface area (Å²) in [5, 5.41) is 57.0. The number of hydrogen-bond acceptors (Lipinski definition) is 8. The number of rotatable bonds is 8. The molecule has 0 aliphatic rings. The van der Waals surface area contributed by atoms with Gasteiger partial charge in [-0.05, 0) is 99.5 Å². The van der Waals surface area contributed by atoms with E-state index in [0.29, 0.717) is 56.1 Å². The number of aryl methyl sites for hydroxylation is 4. The smallest absolute Gasteiger partial charge is 0.119 e. The molecule has 0 saturated carbocycles. The molecule has 0 saturated heterocycles. The third-order valence-electron chi connectivity index (χ3n) is 9.43. The van der Waals surface area contributed by atoms with E-state index in [1.54, 1.807) is 24.3 Å². The second-order valence-corrected chi connectivity index (χ2v) is 13.8. The molecule has 7 aromatic rings. The molecule has 7 rings (SSSR count). The maximum Gasteiger partial charge on any atom is 0.119 e. The monoisotopic (exact) mass is 722 g/mol. The fraction of sp³-hybridized carbons (Fsp3) is 0.0833. The summed E-state index contributed by atoms with van der Waals surface area (Å²) >= 11 is 0. The summed E-state index contributed by atoms with van der Waals surface area (Å²) in [6, 6.07) is 47.4. The van der Waals surface area contributed by atoms with Crippen LogP contribution in [0.1, 0.15) is 44.5 Å². The quantitative estimate of drug-likeness (QED) is 0.158. The number of aromatic nitrogens is 2. The van der Waals surface area contributed by atoms with Crippen molar-refractivity contribution >= 4 is 22.7 Å². The summed E-state index contributed by atoms with van der Waals surface area (Å²) in [4.78, 5) is 0. The predicted molar refractivity (Wildman–Crippen MR) is 221 cm³/mol. The second-order valence-electron chi connectivity index (χ2n) is 13.8. The highest BCUT2D eigenvalue weighted by atomic mass is 15.2. The number of hydrogen-bond donors (Lipinski definition) is 2. The van der Waals surface area contributed by atoms with Crippen LogP contribution < -0.4 is 10.6 Å². The van der Waals surface area contributed by atoms with Gasteiger partial charge < -0.3 is 10.6 Å². The summed E-state index contributed by atoms with van der Waals surface area (Å²) in [6.07, 6.45) is 0. The normalized spacial score (nSPS) is 10.4. The Morgan fingerprint density at radius 2 is 0.750 bits per heavy atom. The van der Waals surface area contributed by atoms with Crippen molar-refractivity contribution in [3.05, 3.63) is 166 Å². The zero-order valence-corrected chi connectivity index (χ0v) is 31.2. The minimum atomic E-state index is 0.293. The van der Waals surface area contributed by atoms with Crippen molar-refractivity contribution in [2.45, 2.75) is 27.7 Å². The summed E-state index contributed by atoms with van der Waals surface area (Å²) in [6.45, 7) is 8.20. The van der Waals surface area contributed by atoms with Crippen molar-refractivity contribution in [3.63, 3.8) is 0 Å². The minimum absolute atomic E-state index is 0.293. The Bertz CT molecular complexity index is 2600. The Kier molecular flexibility index (Phi) is 10.1. The molecule has 0 atom stereocenters. The van der Waals surface area contributed by atoms with Gasteiger partial charge in [0.1, 0.15) is 11.4 Å². The lowest BCUT2D eigenvalue weighted by Gasteiger charge is -2.23. The third-order valence-corrected chi connectivity index (χ3v) is 9.43.